The van der Waals surface area contributed by atoms with E-state index in [2.05, 4.69) is 4.98 Å². The normalized spacial score (nSPS) is 9.91. The fraction of sp³-hybridized carbons (Fsp3) is 0.375. The molecule has 0 spiro atoms. The molecule has 0 amide bonds. The van der Waals surface area contributed by atoms with Crippen LogP contribution in [0.5, 0.6) is 0 Å². The summed E-state index contributed by atoms with van der Waals surface area (Å²) in [6.45, 7) is 0.691. The van der Waals surface area contributed by atoms with E-state index in [0.29, 0.717) is 12.2 Å². The number of hydrogen-bond acceptors (Lipinski definition) is 2. The van der Waals surface area contributed by atoms with E-state index in [9.17, 15) is 0 Å². The van der Waals surface area contributed by atoms with Gasteiger partial charge in [0, 0.05) is 19.2 Å². The topological polar surface area (TPSA) is 22.1 Å². The van der Waals surface area contributed by atoms with Crippen molar-refractivity contribution < 1.29 is 4.74 Å². The lowest BCUT2D eigenvalue weighted by atomic mass is 10.0. The van der Waals surface area contributed by atoms with Gasteiger partial charge in [0.25, 0.3) is 0 Å². The van der Waals surface area contributed by atoms with E-state index in [1.54, 1.807) is 13.2 Å². The van der Waals surface area contributed by atoms with E-state index in [1.807, 2.05) is 12.1 Å². The first-order valence-corrected chi connectivity index (χ1v) is 3.53. The molecule has 0 unspecified atom stereocenters. The molecule has 0 aliphatic carbocycles. The molecular weight excluding hydrogens is 137 g/mol. The highest BCUT2D eigenvalue weighted by Gasteiger charge is 1.92. The van der Waals surface area contributed by atoms with Crippen molar-refractivity contribution in [3.05, 3.63) is 23.9 Å². The van der Waals surface area contributed by atoms with Crippen molar-refractivity contribution in [2.45, 2.75) is 6.42 Å². The molecule has 3 heteroatoms. The second kappa shape index (κ2) is 4.14. The van der Waals surface area contributed by atoms with Crippen molar-refractivity contribution in [2.24, 2.45) is 0 Å². The number of aromatic nitrogens is 1. The largest absolute Gasteiger partial charge is 0.384 e. The fourth-order valence-electron chi connectivity index (χ4n) is 0.844. The summed E-state index contributed by atoms with van der Waals surface area (Å²) in [5.41, 5.74) is 1.55. The SMILES string of the molecule is [B]c1cccc(CCOC)n1. The lowest BCUT2D eigenvalue weighted by Gasteiger charge is -1.99. The Kier molecular flexibility index (Phi) is 3.11. The standard InChI is InChI=1S/C8H10BNO/c1-11-6-5-7-3-2-4-8(9)10-7/h2-4H,5-6H2,1H3. The summed E-state index contributed by atoms with van der Waals surface area (Å²) < 4.78 is 4.90. The summed E-state index contributed by atoms with van der Waals surface area (Å²) in [6, 6.07) is 5.61. The van der Waals surface area contributed by atoms with E-state index in [0.717, 1.165) is 12.1 Å². The molecule has 2 radical (unpaired) electrons. The molecule has 2 nitrogen and oxygen atoms in total. The molecular formula is C8H10BNO. The van der Waals surface area contributed by atoms with Crippen molar-refractivity contribution >= 4 is 13.4 Å². The molecule has 0 saturated carbocycles. The number of ether oxygens (including phenoxy) is 1. The first kappa shape index (κ1) is 8.27. The van der Waals surface area contributed by atoms with Crippen LogP contribution in [0.3, 0.4) is 0 Å². The Morgan fingerprint density at radius 3 is 3.00 bits per heavy atom. The Morgan fingerprint density at radius 2 is 2.36 bits per heavy atom. The van der Waals surface area contributed by atoms with Gasteiger partial charge in [0.15, 0.2) is 0 Å². The van der Waals surface area contributed by atoms with Gasteiger partial charge in [-0.05, 0) is 11.7 Å². The third-order valence-electron chi connectivity index (χ3n) is 1.39. The van der Waals surface area contributed by atoms with E-state index >= 15 is 0 Å². The molecule has 0 saturated heterocycles. The highest BCUT2D eigenvalue weighted by Crippen LogP contribution is 1.92. The summed E-state index contributed by atoms with van der Waals surface area (Å²) >= 11 is 0. The number of methoxy groups -OCH3 is 1. The number of pyridine rings is 1. The summed E-state index contributed by atoms with van der Waals surface area (Å²) in [7, 11) is 7.15. The lowest BCUT2D eigenvalue weighted by molar-refractivity contribution is 0.201. The monoisotopic (exact) mass is 147 g/mol. The second-order valence-corrected chi connectivity index (χ2v) is 2.30. The number of nitrogens with zero attached hydrogens (tertiary/aromatic N) is 1. The van der Waals surface area contributed by atoms with Crippen LogP contribution in [0, 0.1) is 0 Å². The highest BCUT2D eigenvalue weighted by molar-refractivity contribution is 6.30. The molecule has 11 heavy (non-hydrogen) atoms. The number of hydrogen-bond donors (Lipinski definition) is 0. The van der Waals surface area contributed by atoms with Gasteiger partial charge in [-0.2, -0.15) is 0 Å². The van der Waals surface area contributed by atoms with Crippen LogP contribution in [0.4, 0.5) is 0 Å². The van der Waals surface area contributed by atoms with Crippen molar-refractivity contribution in [3.8, 4) is 0 Å². The Bertz CT molecular complexity index is 227. The van der Waals surface area contributed by atoms with Gasteiger partial charge in [-0.1, -0.05) is 12.1 Å². The highest BCUT2D eigenvalue weighted by atomic mass is 16.5. The molecule has 0 atom stereocenters. The predicted octanol–water partition coefficient (Wildman–Crippen LogP) is 0.0643. The fourth-order valence-corrected chi connectivity index (χ4v) is 0.844. The molecule has 0 aliphatic rings. The summed E-state index contributed by atoms with van der Waals surface area (Å²) in [5.74, 6) is 0. The Morgan fingerprint density at radius 1 is 1.55 bits per heavy atom. The first-order valence-electron chi connectivity index (χ1n) is 3.53. The summed E-state index contributed by atoms with van der Waals surface area (Å²) in [4.78, 5) is 4.11. The van der Waals surface area contributed by atoms with Crippen LogP contribution in [0.1, 0.15) is 5.69 Å². The van der Waals surface area contributed by atoms with Crippen molar-refractivity contribution in [2.75, 3.05) is 13.7 Å². The zero-order valence-electron chi connectivity index (χ0n) is 6.58. The van der Waals surface area contributed by atoms with Gasteiger partial charge in [-0.15, -0.1) is 0 Å². The maximum atomic E-state index is 5.48. The van der Waals surface area contributed by atoms with Crippen molar-refractivity contribution in [1.29, 1.82) is 0 Å². The Balaban J connectivity index is 2.56. The smallest absolute Gasteiger partial charge is 0.141 e. The van der Waals surface area contributed by atoms with Gasteiger partial charge in [-0.3, -0.25) is 4.98 Å². The van der Waals surface area contributed by atoms with Gasteiger partial charge in [0.05, 0.1) is 6.61 Å². The molecule has 0 bridgehead atoms. The molecule has 1 aromatic heterocycles. The summed E-state index contributed by atoms with van der Waals surface area (Å²) in [5, 5.41) is 0. The molecule has 56 valence electrons. The molecule has 0 aromatic carbocycles. The van der Waals surface area contributed by atoms with Crippen LogP contribution in [-0.2, 0) is 11.2 Å². The molecule has 1 rings (SSSR count). The van der Waals surface area contributed by atoms with Gasteiger partial charge in [0.2, 0.25) is 0 Å². The average molecular weight is 147 g/mol. The van der Waals surface area contributed by atoms with Crippen LogP contribution in [0.2, 0.25) is 0 Å². The van der Waals surface area contributed by atoms with E-state index in [-0.39, 0.29) is 0 Å². The third kappa shape index (κ3) is 2.72. The van der Waals surface area contributed by atoms with E-state index in [4.69, 9.17) is 12.6 Å². The Hall–Kier alpha value is -0.825. The molecule has 0 aliphatic heterocycles. The minimum atomic E-state index is 0.568. The van der Waals surface area contributed by atoms with E-state index in [1.165, 1.54) is 0 Å². The number of rotatable bonds is 3. The van der Waals surface area contributed by atoms with Gasteiger partial charge in [0.1, 0.15) is 7.85 Å². The maximum absolute atomic E-state index is 5.48. The van der Waals surface area contributed by atoms with Crippen LogP contribution in [0.25, 0.3) is 0 Å². The molecule has 1 aromatic rings. The molecule has 1 heterocycles. The minimum absolute atomic E-state index is 0.568. The molecule has 0 N–H and O–H groups in total. The minimum Gasteiger partial charge on any atom is -0.384 e. The van der Waals surface area contributed by atoms with Gasteiger partial charge >= 0.3 is 0 Å². The zero-order chi connectivity index (χ0) is 8.10. The van der Waals surface area contributed by atoms with Crippen LogP contribution >= 0.6 is 0 Å². The zero-order valence-corrected chi connectivity index (χ0v) is 6.58. The van der Waals surface area contributed by atoms with Gasteiger partial charge in [-0.25, -0.2) is 0 Å². The van der Waals surface area contributed by atoms with E-state index < -0.39 is 0 Å². The average Bonchev–Trinajstić information content (AvgIpc) is 2.01. The van der Waals surface area contributed by atoms with Crippen LogP contribution in [0.15, 0.2) is 18.2 Å². The van der Waals surface area contributed by atoms with Gasteiger partial charge < -0.3 is 4.74 Å². The second-order valence-electron chi connectivity index (χ2n) is 2.30. The van der Waals surface area contributed by atoms with Crippen LogP contribution < -0.4 is 5.59 Å². The summed E-state index contributed by atoms with van der Waals surface area (Å²) in [6.07, 6.45) is 0.821. The first-order chi connectivity index (χ1) is 5.33. The maximum Gasteiger partial charge on any atom is 0.141 e. The van der Waals surface area contributed by atoms with Crippen LogP contribution in [-0.4, -0.2) is 26.5 Å². The quantitative estimate of drug-likeness (QED) is 0.564. The van der Waals surface area contributed by atoms with Crippen molar-refractivity contribution in [3.63, 3.8) is 0 Å². The predicted molar refractivity (Wildman–Crippen MR) is 45.2 cm³/mol. The Labute approximate surface area is 68.0 Å². The molecule has 0 fully saturated rings. The third-order valence-corrected chi connectivity index (χ3v) is 1.39. The lowest BCUT2D eigenvalue weighted by Crippen LogP contribution is -2.10. The van der Waals surface area contributed by atoms with Crippen molar-refractivity contribution in [1.82, 2.24) is 4.98 Å².